The summed E-state index contributed by atoms with van der Waals surface area (Å²) in [5.41, 5.74) is 1.46. The number of aromatic nitrogens is 2. The SMILES string of the molecule is Cc1nn(C)c(CN2C(=O)CNC(=O)C2C)c1Cl. The van der Waals surface area contributed by atoms with Crippen molar-refractivity contribution in [1.82, 2.24) is 20.0 Å². The molecular formula is C11H15ClN4O2. The second-order valence-corrected chi connectivity index (χ2v) is 4.76. The Morgan fingerprint density at radius 2 is 2.17 bits per heavy atom. The lowest BCUT2D eigenvalue weighted by atomic mass is 10.2. The van der Waals surface area contributed by atoms with E-state index >= 15 is 0 Å². The summed E-state index contributed by atoms with van der Waals surface area (Å²) in [5.74, 6) is -0.262. The molecule has 18 heavy (non-hydrogen) atoms. The molecule has 2 heterocycles. The molecule has 2 rings (SSSR count). The molecule has 0 bridgehead atoms. The van der Waals surface area contributed by atoms with Gasteiger partial charge in [0.15, 0.2) is 0 Å². The maximum absolute atomic E-state index is 11.8. The minimum absolute atomic E-state index is 0.0393. The van der Waals surface area contributed by atoms with Crippen LogP contribution in [-0.2, 0) is 23.2 Å². The van der Waals surface area contributed by atoms with Crippen LogP contribution in [0.15, 0.2) is 0 Å². The summed E-state index contributed by atoms with van der Waals surface area (Å²) < 4.78 is 1.64. The van der Waals surface area contributed by atoms with Gasteiger partial charge >= 0.3 is 0 Å². The summed E-state index contributed by atoms with van der Waals surface area (Å²) in [5, 5.41) is 7.28. The van der Waals surface area contributed by atoms with Gasteiger partial charge in [0.2, 0.25) is 11.8 Å². The third kappa shape index (κ3) is 2.08. The van der Waals surface area contributed by atoms with Crippen molar-refractivity contribution in [3.05, 3.63) is 16.4 Å². The third-order valence-electron chi connectivity index (χ3n) is 3.16. The Kier molecular flexibility index (Phi) is 3.30. The predicted octanol–water partition coefficient (Wildman–Crippen LogP) is 0.229. The summed E-state index contributed by atoms with van der Waals surface area (Å²) in [7, 11) is 1.77. The van der Waals surface area contributed by atoms with Crippen LogP contribution in [-0.4, -0.2) is 39.1 Å². The van der Waals surface area contributed by atoms with Gasteiger partial charge in [-0.15, -0.1) is 0 Å². The molecule has 0 spiro atoms. The van der Waals surface area contributed by atoms with Crippen molar-refractivity contribution in [2.75, 3.05) is 6.54 Å². The fourth-order valence-corrected chi connectivity index (χ4v) is 2.23. The Labute approximate surface area is 110 Å². The van der Waals surface area contributed by atoms with Crippen molar-refractivity contribution in [3.8, 4) is 0 Å². The molecule has 7 heteroatoms. The van der Waals surface area contributed by atoms with E-state index in [1.54, 1.807) is 25.6 Å². The lowest BCUT2D eigenvalue weighted by molar-refractivity contribution is -0.145. The third-order valence-corrected chi connectivity index (χ3v) is 3.65. The van der Waals surface area contributed by atoms with E-state index in [-0.39, 0.29) is 18.4 Å². The molecule has 1 saturated heterocycles. The van der Waals surface area contributed by atoms with Gasteiger partial charge < -0.3 is 10.2 Å². The predicted molar refractivity (Wildman–Crippen MR) is 66.0 cm³/mol. The van der Waals surface area contributed by atoms with E-state index in [2.05, 4.69) is 10.4 Å². The summed E-state index contributed by atoms with van der Waals surface area (Å²) in [4.78, 5) is 24.9. The van der Waals surface area contributed by atoms with Crippen molar-refractivity contribution >= 4 is 23.4 Å². The van der Waals surface area contributed by atoms with Crippen LogP contribution in [0.25, 0.3) is 0 Å². The molecule has 1 unspecified atom stereocenters. The molecule has 0 radical (unpaired) electrons. The fourth-order valence-electron chi connectivity index (χ4n) is 2.01. The number of carbonyl (C=O) groups is 2. The zero-order valence-electron chi connectivity index (χ0n) is 10.5. The number of amides is 2. The number of hydrogen-bond donors (Lipinski definition) is 1. The highest BCUT2D eigenvalue weighted by molar-refractivity contribution is 6.31. The molecule has 0 aliphatic carbocycles. The van der Waals surface area contributed by atoms with Gasteiger partial charge in [-0.05, 0) is 13.8 Å². The Bertz CT molecular complexity index is 511. The number of nitrogens with one attached hydrogen (secondary N) is 1. The van der Waals surface area contributed by atoms with Crippen LogP contribution in [0.1, 0.15) is 18.3 Å². The molecule has 1 aromatic heterocycles. The van der Waals surface area contributed by atoms with Crippen LogP contribution in [0.2, 0.25) is 5.02 Å². The van der Waals surface area contributed by atoms with E-state index in [1.165, 1.54) is 4.90 Å². The highest BCUT2D eigenvalue weighted by Crippen LogP contribution is 2.22. The Morgan fingerprint density at radius 3 is 2.72 bits per heavy atom. The molecule has 6 nitrogen and oxygen atoms in total. The summed E-state index contributed by atoms with van der Waals surface area (Å²) in [6.07, 6.45) is 0. The lowest BCUT2D eigenvalue weighted by Crippen LogP contribution is -2.56. The second kappa shape index (κ2) is 4.61. The molecule has 0 saturated carbocycles. The molecule has 1 fully saturated rings. The van der Waals surface area contributed by atoms with Gasteiger partial charge in [0.1, 0.15) is 6.04 Å². The number of rotatable bonds is 2. The van der Waals surface area contributed by atoms with Crippen molar-refractivity contribution in [1.29, 1.82) is 0 Å². The largest absolute Gasteiger partial charge is 0.345 e. The maximum Gasteiger partial charge on any atom is 0.242 e. The highest BCUT2D eigenvalue weighted by atomic mass is 35.5. The summed E-state index contributed by atoms with van der Waals surface area (Å²) in [6, 6.07) is -0.488. The van der Waals surface area contributed by atoms with E-state index in [0.717, 1.165) is 11.4 Å². The van der Waals surface area contributed by atoms with Crippen molar-refractivity contribution < 1.29 is 9.59 Å². The lowest BCUT2D eigenvalue weighted by Gasteiger charge is -2.32. The first kappa shape index (κ1) is 12.9. The molecule has 1 aliphatic heterocycles. The number of halogens is 1. The first-order valence-corrected chi connectivity index (χ1v) is 6.04. The Hall–Kier alpha value is -1.56. The van der Waals surface area contributed by atoms with Gasteiger partial charge in [0, 0.05) is 7.05 Å². The smallest absolute Gasteiger partial charge is 0.242 e. The fraction of sp³-hybridized carbons (Fsp3) is 0.545. The molecular weight excluding hydrogens is 256 g/mol. The molecule has 1 N–H and O–H groups in total. The quantitative estimate of drug-likeness (QED) is 0.836. The average Bonchev–Trinajstić information content (AvgIpc) is 2.55. The van der Waals surface area contributed by atoms with Crippen LogP contribution in [0.4, 0.5) is 0 Å². The zero-order valence-corrected chi connectivity index (χ0v) is 11.3. The summed E-state index contributed by atoms with van der Waals surface area (Å²) >= 11 is 6.14. The van der Waals surface area contributed by atoms with Crippen LogP contribution in [0.5, 0.6) is 0 Å². The molecule has 1 aliphatic rings. The number of hydrogen-bond acceptors (Lipinski definition) is 3. The van der Waals surface area contributed by atoms with Crippen molar-refractivity contribution in [3.63, 3.8) is 0 Å². The summed E-state index contributed by atoms with van der Waals surface area (Å²) in [6.45, 7) is 3.84. The van der Waals surface area contributed by atoms with Gasteiger partial charge in [0.05, 0.1) is 29.5 Å². The van der Waals surface area contributed by atoms with Crippen molar-refractivity contribution in [2.45, 2.75) is 26.4 Å². The molecule has 1 atom stereocenters. The number of carbonyl (C=O) groups excluding carboxylic acids is 2. The standard InChI is InChI=1S/C11H15ClN4O2/c1-6-10(12)8(15(3)14-6)5-16-7(2)11(18)13-4-9(16)17/h7H,4-5H2,1-3H3,(H,13,18). The van der Waals surface area contributed by atoms with Gasteiger partial charge in [-0.25, -0.2) is 0 Å². The Balaban J connectivity index is 2.26. The second-order valence-electron chi connectivity index (χ2n) is 4.39. The van der Waals surface area contributed by atoms with Gasteiger partial charge in [-0.2, -0.15) is 5.10 Å². The first-order chi connectivity index (χ1) is 8.41. The van der Waals surface area contributed by atoms with E-state index in [1.807, 2.05) is 0 Å². The normalized spacial score (nSPS) is 20.2. The van der Waals surface area contributed by atoms with Crippen molar-refractivity contribution in [2.24, 2.45) is 7.05 Å². The van der Waals surface area contributed by atoms with Crippen LogP contribution in [0.3, 0.4) is 0 Å². The van der Waals surface area contributed by atoms with E-state index in [4.69, 9.17) is 11.6 Å². The average molecular weight is 271 g/mol. The first-order valence-electron chi connectivity index (χ1n) is 5.67. The molecule has 98 valence electrons. The molecule has 2 amide bonds. The molecule has 1 aromatic rings. The van der Waals surface area contributed by atoms with Crippen LogP contribution < -0.4 is 5.32 Å². The highest BCUT2D eigenvalue weighted by Gasteiger charge is 2.32. The number of aryl methyl sites for hydroxylation is 2. The topological polar surface area (TPSA) is 67.2 Å². The number of nitrogens with zero attached hydrogens (tertiary/aromatic N) is 3. The monoisotopic (exact) mass is 270 g/mol. The Morgan fingerprint density at radius 1 is 1.50 bits per heavy atom. The van der Waals surface area contributed by atoms with Crippen LogP contribution in [0, 0.1) is 6.92 Å². The zero-order chi connectivity index (χ0) is 13.4. The van der Waals surface area contributed by atoms with Gasteiger partial charge in [-0.3, -0.25) is 14.3 Å². The van der Waals surface area contributed by atoms with Gasteiger partial charge in [0.25, 0.3) is 0 Å². The number of piperazine rings is 1. The van der Waals surface area contributed by atoms with E-state index in [9.17, 15) is 9.59 Å². The van der Waals surface area contributed by atoms with Gasteiger partial charge in [-0.1, -0.05) is 11.6 Å². The van der Waals surface area contributed by atoms with Crippen LogP contribution >= 0.6 is 11.6 Å². The maximum atomic E-state index is 11.8. The minimum atomic E-state index is -0.488. The molecule has 0 aromatic carbocycles. The van der Waals surface area contributed by atoms with E-state index < -0.39 is 6.04 Å². The van der Waals surface area contributed by atoms with E-state index in [0.29, 0.717) is 11.6 Å². The minimum Gasteiger partial charge on any atom is -0.345 e.